The molecular formula is C17H28Cl2N2O3. The van der Waals surface area contributed by atoms with Gasteiger partial charge >= 0.3 is 0 Å². The highest BCUT2D eigenvalue weighted by Crippen LogP contribution is 2.47. The molecule has 2 heterocycles. The largest absolute Gasteiger partial charge is 0.493 e. The van der Waals surface area contributed by atoms with Crippen molar-refractivity contribution < 1.29 is 14.2 Å². The molecule has 0 spiro atoms. The third-order valence-electron chi connectivity index (χ3n) is 4.33. The average molecular weight is 379 g/mol. The molecule has 1 atom stereocenters. The first-order chi connectivity index (χ1) is 10.5. The fourth-order valence-electron chi connectivity index (χ4n) is 3.51. The number of ether oxygens (including phenoxy) is 3. The van der Waals surface area contributed by atoms with Crippen LogP contribution < -0.4 is 19.5 Å². The Labute approximate surface area is 156 Å². The minimum atomic E-state index is 0. The SMILES string of the molecule is COc1cc([C@H](N2CCNCC2)C(C)(C)C)cc2c1OCO2.Cl.Cl. The van der Waals surface area contributed by atoms with Gasteiger partial charge in [-0.15, -0.1) is 24.8 Å². The molecule has 24 heavy (non-hydrogen) atoms. The Morgan fingerprint density at radius 1 is 1.12 bits per heavy atom. The second kappa shape index (κ2) is 8.48. The number of nitrogens with one attached hydrogen (secondary N) is 1. The highest BCUT2D eigenvalue weighted by atomic mass is 35.5. The fourth-order valence-corrected chi connectivity index (χ4v) is 3.51. The standard InChI is InChI=1S/C17H26N2O3.2ClH/c1-17(2,3)16(19-7-5-18-6-8-19)12-9-13(20-4)15-14(10-12)21-11-22-15;;/h9-10,16,18H,5-8,11H2,1-4H3;2*1H/t16-;;/m0../s1. The van der Waals surface area contributed by atoms with Gasteiger partial charge in [0.05, 0.1) is 7.11 Å². The van der Waals surface area contributed by atoms with Crippen LogP contribution in [0.25, 0.3) is 0 Å². The summed E-state index contributed by atoms with van der Waals surface area (Å²) >= 11 is 0. The maximum Gasteiger partial charge on any atom is 0.231 e. The van der Waals surface area contributed by atoms with Crippen LogP contribution in [0, 0.1) is 5.41 Å². The number of fused-ring (bicyclic) bond motifs is 1. The van der Waals surface area contributed by atoms with Gasteiger partial charge in [0.15, 0.2) is 11.5 Å². The number of benzene rings is 1. The van der Waals surface area contributed by atoms with E-state index in [0.717, 1.165) is 43.4 Å². The van der Waals surface area contributed by atoms with Crippen LogP contribution in [0.2, 0.25) is 0 Å². The van der Waals surface area contributed by atoms with Gasteiger partial charge in [-0.1, -0.05) is 20.8 Å². The molecular weight excluding hydrogens is 351 g/mol. The molecule has 1 saturated heterocycles. The van der Waals surface area contributed by atoms with E-state index >= 15 is 0 Å². The Bertz CT molecular complexity index is 543. The first kappa shape index (κ1) is 21.2. The van der Waals surface area contributed by atoms with Crippen molar-refractivity contribution in [2.45, 2.75) is 26.8 Å². The second-order valence-corrected chi connectivity index (χ2v) is 7.01. The van der Waals surface area contributed by atoms with Crippen molar-refractivity contribution in [3.05, 3.63) is 17.7 Å². The summed E-state index contributed by atoms with van der Waals surface area (Å²) in [6, 6.07) is 4.53. The Balaban J connectivity index is 0.00000144. The maximum absolute atomic E-state index is 5.60. The number of methoxy groups -OCH3 is 1. The summed E-state index contributed by atoms with van der Waals surface area (Å²) in [5, 5.41) is 3.43. The lowest BCUT2D eigenvalue weighted by Crippen LogP contribution is -2.48. The number of rotatable bonds is 3. The van der Waals surface area contributed by atoms with Crippen LogP contribution in [-0.2, 0) is 0 Å². The Morgan fingerprint density at radius 2 is 1.79 bits per heavy atom. The molecule has 3 rings (SSSR count). The molecule has 0 amide bonds. The summed E-state index contributed by atoms with van der Waals surface area (Å²) in [5.41, 5.74) is 1.35. The van der Waals surface area contributed by atoms with E-state index in [1.807, 2.05) is 0 Å². The summed E-state index contributed by atoms with van der Waals surface area (Å²) in [7, 11) is 1.68. The summed E-state index contributed by atoms with van der Waals surface area (Å²) in [6.07, 6.45) is 0. The molecule has 5 nitrogen and oxygen atoms in total. The Kier molecular flexibility index (Phi) is 7.47. The lowest BCUT2D eigenvalue weighted by Gasteiger charge is -2.42. The summed E-state index contributed by atoms with van der Waals surface area (Å²) in [5.74, 6) is 2.27. The van der Waals surface area contributed by atoms with E-state index in [4.69, 9.17) is 14.2 Å². The molecule has 1 aromatic carbocycles. The zero-order valence-electron chi connectivity index (χ0n) is 14.8. The van der Waals surface area contributed by atoms with Crippen LogP contribution in [0.4, 0.5) is 0 Å². The number of hydrogen-bond donors (Lipinski definition) is 1. The van der Waals surface area contributed by atoms with Gasteiger partial charge in [0.1, 0.15) is 0 Å². The van der Waals surface area contributed by atoms with Gasteiger partial charge in [0, 0.05) is 32.2 Å². The Morgan fingerprint density at radius 3 is 2.38 bits per heavy atom. The van der Waals surface area contributed by atoms with E-state index in [2.05, 4.69) is 43.1 Å². The normalized spacial score (nSPS) is 18.3. The second-order valence-electron chi connectivity index (χ2n) is 7.01. The number of halogens is 2. The van der Waals surface area contributed by atoms with Crippen LogP contribution in [0.1, 0.15) is 32.4 Å². The van der Waals surface area contributed by atoms with E-state index in [1.165, 1.54) is 5.56 Å². The van der Waals surface area contributed by atoms with Gasteiger partial charge < -0.3 is 19.5 Å². The number of nitrogens with zero attached hydrogens (tertiary/aromatic N) is 1. The van der Waals surface area contributed by atoms with Crippen molar-refractivity contribution >= 4 is 24.8 Å². The van der Waals surface area contributed by atoms with E-state index in [1.54, 1.807) is 7.11 Å². The zero-order valence-corrected chi connectivity index (χ0v) is 16.4. The van der Waals surface area contributed by atoms with Crippen LogP contribution in [0.15, 0.2) is 12.1 Å². The number of hydrogen-bond acceptors (Lipinski definition) is 5. The molecule has 138 valence electrons. The van der Waals surface area contributed by atoms with E-state index in [-0.39, 0.29) is 37.0 Å². The van der Waals surface area contributed by atoms with E-state index in [9.17, 15) is 0 Å². The molecule has 7 heteroatoms. The topological polar surface area (TPSA) is 43.0 Å². The van der Waals surface area contributed by atoms with Crippen molar-refractivity contribution in [3.8, 4) is 17.2 Å². The van der Waals surface area contributed by atoms with E-state index < -0.39 is 0 Å². The first-order valence-electron chi connectivity index (χ1n) is 7.93. The minimum Gasteiger partial charge on any atom is -0.493 e. The highest BCUT2D eigenvalue weighted by molar-refractivity contribution is 5.85. The minimum absolute atomic E-state index is 0. The van der Waals surface area contributed by atoms with Gasteiger partial charge in [0.25, 0.3) is 0 Å². The van der Waals surface area contributed by atoms with Crippen LogP contribution in [0.3, 0.4) is 0 Å². The van der Waals surface area contributed by atoms with E-state index in [0.29, 0.717) is 6.04 Å². The molecule has 2 aliphatic heterocycles. The van der Waals surface area contributed by atoms with Crippen molar-refractivity contribution in [3.63, 3.8) is 0 Å². The maximum atomic E-state index is 5.60. The quantitative estimate of drug-likeness (QED) is 0.873. The van der Waals surface area contributed by atoms with Gasteiger partial charge in [-0.2, -0.15) is 0 Å². The molecule has 0 aromatic heterocycles. The summed E-state index contributed by atoms with van der Waals surface area (Å²) < 4.78 is 16.6. The molecule has 1 aromatic rings. The van der Waals surface area contributed by atoms with Gasteiger partial charge in [-0.25, -0.2) is 0 Å². The first-order valence-corrected chi connectivity index (χ1v) is 7.93. The third-order valence-corrected chi connectivity index (χ3v) is 4.33. The molecule has 0 unspecified atom stereocenters. The molecule has 0 saturated carbocycles. The van der Waals surface area contributed by atoms with Crippen LogP contribution >= 0.6 is 24.8 Å². The fraction of sp³-hybridized carbons (Fsp3) is 0.647. The molecule has 2 aliphatic rings. The van der Waals surface area contributed by atoms with Crippen LogP contribution in [-0.4, -0.2) is 45.0 Å². The summed E-state index contributed by atoms with van der Waals surface area (Å²) in [4.78, 5) is 2.55. The lowest BCUT2D eigenvalue weighted by atomic mass is 9.80. The zero-order chi connectivity index (χ0) is 15.7. The smallest absolute Gasteiger partial charge is 0.231 e. The van der Waals surface area contributed by atoms with Crippen molar-refractivity contribution in [2.75, 3.05) is 40.1 Å². The lowest BCUT2D eigenvalue weighted by molar-refractivity contribution is 0.0859. The third kappa shape index (κ3) is 4.20. The highest BCUT2D eigenvalue weighted by Gasteiger charge is 2.34. The molecule has 0 aliphatic carbocycles. The van der Waals surface area contributed by atoms with Crippen molar-refractivity contribution in [1.29, 1.82) is 0 Å². The average Bonchev–Trinajstić information content (AvgIpc) is 2.94. The summed E-state index contributed by atoms with van der Waals surface area (Å²) in [6.45, 7) is 11.3. The predicted octanol–water partition coefficient (Wildman–Crippen LogP) is 3.26. The molecule has 1 fully saturated rings. The molecule has 1 N–H and O–H groups in total. The van der Waals surface area contributed by atoms with Crippen molar-refractivity contribution in [1.82, 2.24) is 10.2 Å². The predicted molar refractivity (Wildman–Crippen MR) is 100 cm³/mol. The van der Waals surface area contributed by atoms with Gasteiger partial charge in [-0.3, -0.25) is 4.90 Å². The van der Waals surface area contributed by atoms with Crippen LogP contribution in [0.5, 0.6) is 17.2 Å². The number of piperazine rings is 1. The van der Waals surface area contributed by atoms with Gasteiger partial charge in [-0.05, 0) is 23.1 Å². The monoisotopic (exact) mass is 378 g/mol. The molecule has 0 radical (unpaired) electrons. The Hall–Kier alpha value is -0.880. The van der Waals surface area contributed by atoms with Crippen molar-refractivity contribution in [2.24, 2.45) is 5.41 Å². The van der Waals surface area contributed by atoms with Gasteiger partial charge in [0.2, 0.25) is 12.5 Å². The molecule has 0 bridgehead atoms.